The first kappa shape index (κ1) is 22.9. The summed E-state index contributed by atoms with van der Waals surface area (Å²) in [7, 11) is 1.91. The number of aliphatic imine (C=N–C) groups is 1. The Kier molecular flexibility index (Phi) is 8.82. The number of aryl methyl sites for hydroxylation is 1. The fourth-order valence-corrected chi connectivity index (χ4v) is 4.56. The van der Waals surface area contributed by atoms with Gasteiger partial charge >= 0.3 is 0 Å². The van der Waals surface area contributed by atoms with Crippen LogP contribution < -0.4 is 10.2 Å². The molecule has 0 aliphatic carbocycles. The van der Waals surface area contributed by atoms with Crippen LogP contribution >= 0.6 is 0 Å². The second-order valence-corrected chi connectivity index (χ2v) is 8.65. The molecule has 168 valence electrons. The third kappa shape index (κ3) is 6.11. The summed E-state index contributed by atoms with van der Waals surface area (Å²) >= 11 is 0. The highest BCUT2D eigenvalue weighted by Crippen LogP contribution is 2.23. The lowest BCUT2D eigenvalue weighted by Gasteiger charge is -2.38. The SMILES string of the molecule is CCN1CCN(CCCCNC(=NC)N2CCN(c3cccc(C)c3C)CC2)CC1. The minimum absolute atomic E-state index is 1.01. The first-order valence-corrected chi connectivity index (χ1v) is 11.8. The molecule has 0 bridgehead atoms. The van der Waals surface area contributed by atoms with E-state index < -0.39 is 0 Å². The Bertz CT molecular complexity index is 672. The molecule has 6 heteroatoms. The maximum atomic E-state index is 4.54. The highest BCUT2D eigenvalue weighted by Gasteiger charge is 2.21. The van der Waals surface area contributed by atoms with Gasteiger partial charge in [0, 0.05) is 71.6 Å². The predicted octanol–water partition coefficient (Wildman–Crippen LogP) is 2.42. The van der Waals surface area contributed by atoms with Crippen LogP contribution in [0.25, 0.3) is 0 Å². The number of nitrogens with zero attached hydrogens (tertiary/aromatic N) is 5. The number of hydrogen-bond donors (Lipinski definition) is 1. The lowest BCUT2D eigenvalue weighted by atomic mass is 10.1. The number of anilines is 1. The molecular weight excluding hydrogens is 372 g/mol. The molecule has 30 heavy (non-hydrogen) atoms. The monoisotopic (exact) mass is 414 g/mol. The topological polar surface area (TPSA) is 37.4 Å². The van der Waals surface area contributed by atoms with Gasteiger partial charge in [0.2, 0.25) is 0 Å². The number of rotatable bonds is 7. The van der Waals surface area contributed by atoms with E-state index in [0.717, 1.165) is 38.7 Å². The second kappa shape index (κ2) is 11.6. The first-order valence-electron chi connectivity index (χ1n) is 11.8. The Morgan fingerprint density at radius 3 is 2.30 bits per heavy atom. The zero-order valence-electron chi connectivity index (χ0n) is 19.7. The highest BCUT2D eigenvalue weighted by molar-refractivity contribution is 5.80. The van der Waals surface area contributed by atoms with Gasteiger partial charge in [0.1, 0.15) is 0 Å². The van der Waals surface area contributed by atoms with Crippen molar-refractivity contribution in [3.63, 3.8) is 0 Å². The van der Waals surface area contributed by atoms with Crippen LogP contribution in [0.1, 0.15) is 30.9 Å². The molecule has 0 atom stereocenters. The van der Waals surface area contributed by atoms with Gasteiger partial charge < -0.3 is 24.9 Å². The van der Waals surface area contributed by atoms with Crippen LogP contribution in [0.15, 0.2) is 23.2 Å². The summed E-state index contributed by atoms with van der Waals surface area (Å²) in [4.78, 5) is 14.6. The molecule has 1 aromatic rings. The molecule has 2 aliphatic heterocycles. The number of piperazine rings is 2. The molecule has 2 fully saturated rings. The average Bonchev–Trinajstić information content (AvgIpc) is 2.79. The van der Waals surface area contributed by atoms with Crippen LogP contribution in [0.2, 0.25) is 0 Å². The van der Waals surface area contributed by atoms with E-state index in [0.29, 0.717) is 0 Å². The normalized spacial score (nSPS) is 19.4. The summed E-state index contributed by atoms with van der Waals surface area (Å²) in [5.41, 5.74) is 4.17. The molecule has 1 N–H and O–H groups in total. The molecule has 0 saturated carbocycles. The predicted molar refractivity (Wildman–Crippen MR) is 129 cm³/mol. The minimum atomic E-state index is 1.01. The maximum Gasteiger partial charge on any atom is 0.193 e. The first-order chi connectivity index (χ1) is 14.6. The fourth-order valence-electron chi connectivity index (χ4n) is 4.56. The molecular formula is C24H42N6. The summed E-state index contributed by atoms with van der Waals surface area (Å²) in [6.07, 6.45) is 2.46. The van der Waals surface area contributed by atoms with E-state index in [4.69, 9.17) is 0 Å². The van der Waals surface area contributed by atoms with E-state index in [-0.39, 0.29) is 0 Å². The third-order valence-corrected chi connectivity index (χ3v) is 6.80. The highest BCUT2D eigenvalue weighted by atomic mass is 15.3. The molecule has 0 aromatic heterocycles. The van der Waals surface area contributed by atoms with Gasteiger partial charge in [-0.3, -0.25) is 4.99 Å². The number of unbranched alkanes of at least 4 members (excludes halogenated alkanes) is 1. The van der Waals surface area contributed by atoms with Crippen LogP contribution in [0.5, 0.6) is 0 Å². The molecule has 2 heterocycles. The van der Waals surface area contributed by atoms with Crippen molar-refractivity contribution in [3.8, 4) is 0 Å². The molecule has 3 rings (SSSR count). The Balaban J connectivity index is 1.34. The summed E-state index contributed by atoms with van der Waals surface area (Å²) in [5.74, 6) is 1.06. The largest absolute Gasteiger partial charge is 0.368 e. The van der Waals surface area contributed by atoms with Crippen molar-refractivity contribution in [2.24, 2.45) is 4.99 Å². The van der Waals surface area contributed by atoms with Crippen LogP contribution in [0.4, 0.5) is 5.69 Å². The van der Waals surface area contributed by atoms with Crippen molar-refractivity contribution in [1.82, 2.24) is 20.0 Å². The van der Waals surface area contributed by atoms with Gasteiger partial charge in [-0.05, 0) is 57.0 Å². The zero-order valence-corrected chi connectivity index (χ0v) is 19.7. The Labute approximate surface area is 183 Å². The van der Waals surface area contributed by atoms with E-state index in [1.807, 2.05) is 7.05 Å². The second-order valence-electron chi connectivity index (χ2n) is 8.65. The van der Waals surface area contributed by atoms with Gasteiger partial charge in [-0.1, -0.05) is 19.1 Å². The molecule has 0 unspecified atom stereocenters. The molecule has 2 saturated heterocycles. The van der Waals surface area contributed by atoms with E-state index >= 15 is 0 Å². The molecule has 2 aliphatic rings. The van der Waals surface area contributed by atoms with E-state index in [9.17, 15) is 0 Å². The number of nitrogens with one attached hydrogen (secondary N) is 1. The Morgan fingerprint density at radius 2 is 1.63 bits per heavy atom. The van der Waals surface area contributed by atoms with Crippen LogP contribution in [0, 0.1) is 13.8 Å². The van der Waals surface area contributed by atoms with Gasteiger partial charge in [-0.15, -0.1) is 0 Å². The molecule has 0 spiro atoms. The maximum absolute atomic E-state index is 4.54. The summed E-state index contributed by atoms with van der Waals surface area (Å²) in [5, 5.41) is 3.60. The average molecular weight is 415 g/mol. The molecule has 0 radical (unpaired) electrons. The fraction of sp³-hybridized carbons (Fsp3) is 0.708. The lowest BCUT2D eigenvalue weighted by Crippen LogP contribution is -2.52. The smallest absolute Gasteiger partial charge is 0.193 e. The van der Waals surface area contributed by atoms with Crippen molar-refractivity contribution in [3.05, 3.63) is 29.3 Å². The van der Waals surface area contributed by atoms with Crippen LogP contribution in [-0.2, 0) is 0 Å². The van der Waals surface area contributed by atoms with Crippen LogP contribution in [0.3, 0.4) is 0 Å². The Morgan fingerprint density at radius 1 is 0.933 bits per heavy atom. The standard InChI is InChI=1S/C24H42N6/c1-5-27-13-15-28(16-14-27)12-7-6-11-26-24(25-4)30-19-17-29(18-20-30)23-10-8-9-21(2)22(23)3/h8-10H,5-7,11-20H2,1-4H3,(H,25,26). The van der Waals surface area contributed by atoms with E-state index in [1.165, 1.54) is 68.9 Å². The number of benzene rings is 1. The van der Waals surface area contributed by atoms with Gasteiger partial charge in [0.25, 0.3) is 0 Å². The molecule has 1 aromatic carbocycles. The molecule has 6 nitrogen and oxygen atoms in total. The number of hydrogen-bond acceptors (Lipinski definition) is 4. The Hall–Kier alpha value is -1.79. The van der Waals surface area contributed by atoms with Gasteiger partial charge in [0.05, 0.1) is 0 Å². The van der Waals surface area contributed by atoms with Gasteiger partial charge in [-0.25, -0.2) is 0 Å². The van der Waals surface area contributed by atoms with Gasteiger partial charge in [-0.2, -0.15) is 0 Å². The summed E-state index contributed by atoms with van der Waals surface area (Å²) in [6, 6.07) is 6.63. The van der Waals surface area contributed by atoms with Gasteiger partial charge in [0.15, 0.2) is 5.96 Å². The number of likely N-dealkylation sites (N-methyl/N-ethyl adjacent to an activating group) is 1. The quantitative estimate of drug-likeness (QED) is 0.421. The van der Waals surface area contributed by atoms with Crippen molar-refractivity contribution < 1.29 is 0 Å². The zero-order chi connectivity index (χ0) is 21.3. The van der Waals surface area contributed by atoms with Crippen LogP contribution in [-0.4, -0.2) is 99.7 Å². The van der Waals surface area contributed by atoms with Crippen molar-refractivity contribution in [1.29, 1.82) is 0 Å². The third-order valence-electron chi connectivity index (χ3n) is 6.80. The minimum Gasteiger partial charge on any atom is -0.368 e. The van der Waals surface area contributed by atoms with Crippen molar-refractivity contribution in [2.75, 3.05) is 83.9 Å². The van der Waals surface area contributed by atoms with Crippen molar-refractivity contribution >= 4 is 11.6 Å². The number of guanidine groups is 1. The molecule has 0 amide bonds. The summed E-state index contributed by atoms with van der Waals surface area (Å²) < 4.78 is 0. The lowest BCUT2D eigenvalue weighted by molar-refractivity contribution is 0.136. The van der Waals surface area contributed by atoms with E-state index in [1.54, 1.807) is 0 Å². The van der Waals surface area contributed by atoms with Crippen molar-refractivity contribution in [2.45, 2.75) is 33.6 Å². The van der Waals surface area contributed by atoms with E-state index in [2.05, 4.69) is 68.9 Å². The summed E-state index contributed by atoms with van der Waals surface area (Å²) in [6.45, 7) is 19.2.